The van der Waals surface area contributed by atoms with E-state index in [1.165, 1.54) is 82.3 Å². The van der Waals surface area contributed by atoms with Gasteiger partial charge in [-0.15, -0.1) is 0 Å². The van der Waals surface area contributed by atoms with Crippen molar-refractivity contribution in [2.75, 3.05) is 0 Å². The second kappa shape index (κ2) is 15.7. The molecule has 0 bridgehead atoms. The molecule has 0 saturated heterocycles. The Labute approximate surface area is 215 Å². The van der Waals surface area contributed by atoms with Crippen molar-refractivity contribution in [2.45, 2.75) is 88.9 Å². The second-order valence-electron chi connectivity index (χ2n) is 8.12. The topological polar surface area (TPSA) is 86.7 Å². The van der Waals surface area contributed by atoms with Gasteiger partial charge in [-0.2, -0.15) is 8.42 Å². The summed E-state index contributed by atoms with van der Waals surface area (Å²) in [6.07, 6.45) is 15.7. The minimum absolute atomic E-state index is 0. The zero-order chi connectivity index (χ0) is 22.5. The first-order chi connectivity index (χ1) is 14.9. The van der Waals surface area contributed by atoms with Gasteiger partial charge in [0, 0.05) is 0 Å². The molecule has 2 aromatic rings. The van der Waals surface area contributed by atoms with Crippen LogP contribution < -0.4 is 39.4 Å². The Morgan fingerprint density at radius 3 is 1.78 bits per heavy atom. The molecule has 0 unspecified atom stereocenters. The molecule has 172 valence electrons. The van der Waals surface area contributed by atoms with Gasteiger partial charge in [-0.1, -0.05) is 89.0 Å². The third-order valence-corrected chi connectivity index (χ3v) is 6.31. The quantitative estimate of drug-likeness (QED) is 0.244. The molecule has 2 rings (SSSR count). The van der Waals surface area contributed by atoms with Crippen LogP contribution in [0, 0.1) is 0 Å². The maximum atomic E-state index is 11.8. The van der Waals surface area contributed by atoms with Crippen molar-refractivity contribution in [1.82, 2.24) is 0 Å². The fourth-order valence-electron chi connectivity index (χ4n) is 3.62. The van der Waals surface area contributed by atoms with Gasteiger partial charge in [-0.25, -0.2) is 0 Å². The summed E-state index contributed by atoms with van der Waals surface area (Å²) >= 11 is 0. The van der Waals surface area contributed by atoms with Gasteiger partial charge >= 0.3 is 29.6 Å². The van der Waals surface area contributed by atoms with Gasteiger partial charge in [0.05, 0.1) is 4.90 Å². The Kier molecular flexibility index (Phi) is 14.2. The summed E-state index contributed by atoms with van der Waals surface area (Å²) in [5, 5.41) is 11.8. The van der Waals surface area contributed by atoms with Crippen molar-refractivity contribution < 1.29 is 52.4 Å². The second-order valence-corrected chi connectivity index (χ2v) is 9.51. The normalized spacial score (nSPS) is 11.2. The fourth-order valence-corrected chi connectivity index (χ4v) is 4.17. The maximum Gasteiger partial charge on any atom is 1.00 e. The van der Waals surface area contributed by atoms with E-state index in [4.69, 9.17) is 9.29 Å². The summed E-state index contributed by atoms with van der Waals surface area (Å²) in [5.41, 5.74) is 1.24. The summed E-state index contributed by atoms with van der Waals surface area (Å²) in [6, 6.07) is 11.2. The number of hydrogen-bond donors (Lipinski definition) is 1. The van der Waals surface area contributed by atoms with Crippen LogP contribution in [0.1, 0.15) is 83.1 Å². The standard InChI is InChI=1S/C25H36O5S.Na/c1-2-3-4-5-6-7-8-9-10-11-12-13-21-14-16-22(17-15-21)30-23-18-19-25(24(26)20-23)31(27,28)29;/h14-20,26H,2-13H2,1H3,(H,27,28,29);/q;+1/p-1. The summed E-state index contributed by atoms with van der Waals surface area (Å²) in [6.45, 7) is 2.25. The molecule has 0 aromatic heterocycles. The summed E-state index contributed by atoms with van der Waals surface area (Å²) in [7, 11) is -4.52. The first-order valence-corrected chi connectivity index (χ1v) is 12.9. The van der Waals surface area contributed by atoms with E-state index in [1.54, 1.807) is 0 Å². The van der Waals surface area contributed by atoms with Crippen LogP contribution in [0.15, 0.2) is 47.4 Å². The van der Waals surface area contributed by atoms with E-state index < -0.39 is 20.8 Å². The van der Waals surface area contributed by atoms with E-state index in [9.17, 15) is 13.5 Å². The fraction of sp³-hybridized carbons (Fsp3) is 0.520. The first-order valence-electron chi connectivity index (χ1n) is 11.5. The molecule has 0 spiro atoms. The molecular formula is C25H35NaO5S. The SMILES string of the molecule is CCCCCCCCCCCCCc1ccc(Oc2ccc(S(=O)(=O)O)c([O-])c2)cc1.[Na+]. The van der Waals surface area contributed by atoms with Gasteiger partial charge in [0.25, 0.3) is 10.1 Å². The number of unbranched alkanes of at least 4 members (excludes halogenated alkanes) is 10. The van der Waals surface area contributed by atoms with Crippen molar-refractivity contribution in [2.24, 2.45) is 0 Å². The van der Waals surface area contributed by atoms with Crippen LogP contribution in [0.2, 0.25) is 0 Å². The average molecular weight is 471 g/mol. The molecule has 7 heteroatoms. The molecule has 0 amide bonds. The van der Waals surface area contributed by atoms with Crippen LogP contribution in [0.4, 0.5) is 0 Å². The molecule has 0 aliphatic heterocycles. The Morgan fingerprint density at radius 1 is 0.781 bits per heavy atom. The molecule has 0 heterocycles. The van der Waals surface area contributed by atoms with Gasteiger partial charge in [0.15, 0.2) is 0 Å². The van der Waals surface area contributed by atoms with Gasteiger partial charge in [-0.3, -0.25) is 4.55 Å². The van der Waals surface area contributed by atoms with E-state index in [1.807, 2.05) is 24.3 Å². The molecule has 0 aliphatic carbocycles. The van der Waals surface area contributed by atoms with Gasteiger partial charge in [0.1, 0.15) is 11.5 Å². The van der Waals surface area contributed by atoms with Crippen molar-refractivity contribution in [1.29, 1.82) is 0 Å². The third-order valence-electron chi connectivity index (χ3n) is 5.42. The first kappa shape index (κ1) is 29.0. The van der Waals surface area contributed by atoms with Crippen LogP contribution >= 0.6 is 0 Å². The average Bonchev–Trinajstić information content (AvgIpc) is 2.72. The molecule has 0 aliphatic rings. The van der Waals surface area contributed by atoms with Gasteiger partial charge in [-0.05, 0) is 48.7 Å². The third kappa shape index (κ3) is 11.2. The monoisotopic (exact) mass is 470 g/mol. The molecule has 32 heavy (non-hydrogen) atoms. The minimum atomic E-state index is -4.52. The van der Waals surface area contributed by atoms with Crippen LogP contribution in [0.25, 0.3) is 0 Å². The van der Waals surface area contributed by atoms with Crippen LogP contribution in [-0.4, -0.2) is 13.0 Å². The maximum absolute atomic E-state index is 11.8. The van der Waals surface area contributed by atoms with Gasteiger partial charge in [0.2, 0.25) is 0 Å². The van der Waals surface area contributed by atoms with E-state index >= 15 is 0 Å². The molecular weight excluding hydrogens is 435 g/mol. The number of aryl methyl sites for hydroxylation is 1. The Hall–Kier alpha value is -1.05. The summed E-state index contributed by atoms with van der Waals surface area (Å²) < 4.78 is 36.8. The van der Waals surface area contributed by atoms with Crippen LogP contribution in [0.5, 0.6) is 17.2 Å². The molecule has 0 radical (unpaired) electrons. The number of rotatable bonds is 15. The predicted molar refractivity (Wildman–Crippen MR) is 122 cm³/mol. The molecule has 0 saturated carbocycles. The van der Waals surface area contributed by atoms with Crippen molar-refractivity contribution in [3.8, 4) is 17.2 Å². The van der Waals surface area contributed by atoms with Gasteiger partial charge < -0.3 is 9.84 Å². The Balaban J connectivity index is 0.00000512. The minimum Gasteiger partial charge on any atom is -0.871 e. The smallest absolute Gasteiger partial charge is 0.871 e. The largest absolute Gasteiger partial charge is 1.00 e. The molecule has 0 fully saturated rings. The number of ether oxygens (including phenoxy) is 1. The van der Waals surface area contributed by atoms with E-state index in [0.717, 1.165) is 18.6 Å². The van der Waals surface area contributed by atoms with Crippen molar-refractivity contribution in [3.05, 3.63) is 48.0 Å². The van der Waals surface area contributed by atoms with Crippen molar-refractivity contribution >= 4 is 10.1 Å². The summed E-state index contributed by atoms with van der Waals surface area (Å²) in [5.74, 6) is 0.00493. The molecule has 1 N–H and O–H groups in total. The molecule has 2 aromatic carbocycles. The Morgan fingerprint density at radius 2 is 1.28 bits per heavy atom. The van der Waals surface area contributed by atoms with E-state index in [-0.39, 0.29) is 35.3 Å². The van der Waals surface area contributed by atoms with Crippen LogP contribution in [0.3, 0.4) is 0 Å². The van der Waals surface area contributed by atoms with E-state index in [2.05, 4.69) is 6.92 Å². The summed E-state index contributed by atoms with van der Waals surface area (Å²) in [4.78, 5) is -0.651. The zero-order valence-corrected chi connectivity index (χ0v) is 22.3. The van der Waals surface area contributed by atoms with E-state index in [0.29, 0.717) is 5.75 Å². The number of benzene rings is 2. The molecule has 0 atom stereocenters. The van der Waals surface area contributed by atoms with Crippen LogP contribution in [-0.2, 0) is 16.5 Å². The zero-order valence-electron chi connectivity index (χ0n) is 19.5. The Bertz CT molecular complexity index is 882. The molecule has 5 nitrogen and oxygen atoms in total. The number of hydrogen-bond acceptors (Lipinski definition) is 4. The van der Waals surface area contributed by atoms with Crippen molar-refractivity contribution in [3.63, 3.8) is 0 Å². The predicted octanol–water partition coefficient (Wildman–Crippen LogP) is 3.66.